The maximum atomic E-state index is 13.2. The summed E-state index contributed by atoms with van der Waals surface area (Å²) in [6.45, 7) is 6.58. The van der Waals surface area contributed by atoms with Crippen molar-refractivity contribution in [2.75, 3.05) is 13.2 Å². The van der Waals surface area contributed by atoms with Crippen molar-refractivity contribution in [2.45, 2.75) is 353 Å². The van der Waals surface area contributed by atoms with E-state index < -0.39 is 24.4 Å². The van der Waals surface area contributed by atoms with Gasteiger partial charge in [-0.3, -0.25) is 14.4 Å². The van der Waals surface area contributed by atoms with Crippen molar-refractivity contribution in [3.05, 3.63) is 0 Å². The van der Waals surface area contributed by atoms with E-state index in [1.165, 1.54) is 231 Å². The molecule has 4 atom stereocenters. The lowest BCUT2D eigenvalue weighted by Crippen LogP contribution is -2.46. The van der Waals surface area contributed by atoms with Crippen LogP contribution >= 0.6 is 0 Å². The molecule has 0 amide bonds. The van der Waals surface area contributed by atoms with E-state index in [1.807, 2.05) is 0 Å². The molecule has 1 fully saturated rings. The summed E-state index contributed by atoms with van der Waals surface area (Å²) in [6, 6.07) is 0. The highest BCUT2D eigenvalue weighted by Gasteiger charge is 2.46. The molecule has 1 aliphatic heterocycles. The molecule has 1 aliphatic rings. The fourth-order valence-corrected chi connectivity index (χ4v) is 9.89. The lowest BCUT2D eigenvalue weighted by atomic mass is 10.0. The molecule has 1 rings (SSSR count). The molecule has 1 unspecified atom stereocenters. The molecule has 1 N–H and O–H groups in total. The standard InChI is InChI=1S/C60H114O8/c1-4-7-10-13-16-19-22-25-28-31-34-37-40-43-46-49-56(62)65-53-55(67-57(63)50-47-44-41-38-35-32-29-26-23-20-17-14-11-8-5-2)60-59(54(61)52-66-60)68-58(64)51-48-45-42-39-36-33-30-27-24-21-18-15-12-9-6-3/h54-55,59-61H,4-53H2,1-3H3/t54-,55?,59+,60-/m1/s1. The summed E-state index contributed by atoms with van der Waals surface area (Å²) >= 11 is 0. The van der Waals surface area contributed by atoms with Crippen molar-refractivity contribution in [1.82, 2.24) is 0 Å². The zero-order valence-electron chi connectivity index (χ0n) is 45.5. The quantitative estimate of drug-likeness (QED) is 0.0365. The van der Waals surface area contributed by atoms with Crippen LogP contribution in [0.3, 0.4) is 0 Å². The van der Waals surface area contributed by atoms with Crippen LogP contribution in [0, 0.1) is 0 Å². The number of carbonyl (C=O) groups is 3. The first-order chi connectivity index (χ1) is 33.4. The molecule has 0 aromatic carbocycles. The van der Waals surface area contributed by atoms with E-state index >= 15 is 0 Å². The molecule has 402 valence electrons. The van der Waals surface area contributed by atoms with Gasteiger partial charge in [0, 0.05) is 19.3 Å². The molecule has 0 aliphatic carbocycles. The van der Waals surface area contributed by atoms with Gasteiger partial charge in [0.05, 0.1) is 6.61 Å². The van der Waals surface area contributed by atoms with Crippen LogP contribution in [0.2, 0.25) is 0 Å². The molecule has 8 heteroatoms. The Balaban J connectivity index is 2.45. The molecule has 1 saturated heterocycles. The fourth-order valence-electron chi connectivity index (χ4n) is 9.89. The van der Waals surface area contributed by atoms with Crippen LogP contribution in [0.4, 0.5) is 0 Å². The highest BCUT2D eigenvalue weighted by atomic mass is 16.6. The van der Waals surface area contributed by atoms with Crippen molar-refractivity contribution in [3.8, 4) is 0 Å². The van der Waals surface area contributed by atoms with Gasteiger partial charge in [0.2, 0.25) is 0 Å². The van der Waals surface area contributed by atoms with E-state index in [2.05, 4.69) is 20.8 Å². The summed E-state index contributed by atoms with van der Waals surface area (Å²) in [7, 11) is 0. The molecule has 8 nitrogen and oxygen atoms in total. The monoisotopic (exact) mass is 963 g/mol. The number of esters is 3. The summed E-state index contributed by atoms with van der Waals surface area (Å²) in [6.07, 6.45) is 53.4. The fraction of sp³-hybridized carbons (Fsp3) is 0.950. The molecule has 0 radical (unpaired) electrons. The van der Waals surface area contributed by atoms with Gasteiger partial charge in [0.1, 0.15) is 18.8 Å². The Bertz CT molecular complexity index is 1100. The SMILES string of the molecule is CCCCCCCCCCCCCCCCCC(=O)OCC(OC(=O)CCCCCCCCCCCCCCCCC)[C@H]1OC[C@@H](O)[C@@H]1OC(=O)CCCCCCCCCCCCCCCCC. The number of unbranched alkanes of at least 4 members (excludes halogenated alkanes) is 42. The number of rotatable bonds is 53. The van der Waals surface area contributed by atoms with E-state index in [4.69, 9.17) is 18.9 Å². The largest absolute Gasteiger partial charge is 0.462 e. The Morgan fingerprint density at radius 2 is 0.662 bits per heavy atom. The third-order valence-corrected chi connectivity index (χ3v) is 14.4. The molecule has 0 aromatic rings. The van der Waals surface area contributed by atoms with Crippen LogP contribution in [0.5, 0.6) is 0 Å². The van der Waals surface area contributed by atoms with Crippen molar-refractivity contribution < 1.29 is 38.4 Å². The smallest absolute Gasteiger partial charge is 0.306 e. The second kappa shape index (κ2) is 50.3. The third kappa shape index (κ3) is 41.0. The van der Waals surface area contributed by atoms with Crippen molar-refractivity contribution in [3.63, 3.8) is 0 Å². The van der Waals surface area contributed by atoms with Gasteiger partial charge in [-0.25, -0.2) is 0 Å². The minimum Gasteiger partial charge on any atom is -0.462 e. The molecule has 0 bridgehead atoms. The highest BCUT2D eigenvalue weighted by Crippen LogP contribution is 2.26. The normalized spacial score (nSPS) is 16.3. The summed E-state index contributed by atoms with van der Waals surface area (Å²) in [5.41, 5.74) is 0. The maximum absolute atomic E-state index is 13.2. The first-order valence-corrected chi connectivity index (χ1v) is 30.3. The Morgan fingerprint density at radius 3 is 0.971 bits per heavy atom. The van der Waals surface area contributed by atoms with Gasteiger partial charge in [-0.2, -0.15) is 0 Å². The summed E-state index contributed by atoms with van der Waals surface area (Å²) < 4.78 is 23.4. The van der Waals surface area contributed by atoms with Gasteiger partial charge >= 0.3 is 17.9 Å². The van der Waals surface area contributed by atoms with Crippen molar-refractivity contribution in [2.24, 2.45) is 0 Å². The average molecular weight is 964 g/mol. The molecule has 0 saturated carbocycles. The topological polar surface area (TPSA) is 108 Å². The second-order valence-corrected chi connectivity index (χ2v) is 21.1. The predicted molar refractivity (Wildman–Crippen MR) is 285 cm³/mol. The minimum absolute atomic E-state index is 0.0399. The number of ether oxygens (including phenoxy) is 4. The number of hydrogen-bond donors (Lipinski definition) is 1. The van der Waals surface area contributed by atoms with Crippen LogP contribution in [-0.4, -0.2) is 60.6 Å². The molecule has 0 aromatic heterocycles. The van der Waals surface area contributed by atoms with Gasteiger partial charge in [0.15, 0.2) is 12.2 Å². The summed E-state index contributed by atoms with van der Waals surface area (Å²) in [4.78, 5) is 39.2. The summed E-state index contributed by atoms with van der Waals surface area (Å²) in [5.74, 6) is -1.09. The first-order valence-electron chi connectivity index (χ1n) is 30.3. The number of carbonyl (C=O) groups excluding carboxylic acids is 3. The van der Waals surface area contributed by atoms with E-state index in [9.17, 15) is 19.5 Å². The van der Waals surface area contributed by atoms with Gasteiger partial charge < -0.3 is 24.1 Å². The zero-order chi connectivity index (χ0) is 49.2. The number of aliphatic hydroxyl groups excluding tert-OH is 1. The zero-order valence-corrected chi connectivity index (χ0v) is 45.5. The van der Waals surface area contributed by atoms with E-state index in [-0.39, 0.29) is 44.0 Å². The van der Waals surface area contributed by atoms with Gasteiger partial charge in [-0.05, 0) is 19.3 Å². The van der Waals surface area contributed by atoms with Crippen LogP contribution in [0.1, 0.15) is 329 Å². The average Bonchev–Trinajstić information content (AvgIpc) is 3.69. The maximum Gasteiger partial charge on any atom is 0.306 e. The Morgan fingerprint density at radius 1 is 0.397 bits per heavy atom. The lowest BCUT2D eigenvalue weighted by Gasteiger charge is -2.28. The minimum atomic E-state index is -1.04. The molecule has 68 heavy (non-hydrogen) atoms. The number of hydrogen-bond acceptors (Lipinski definition) is 8. The Labute approximate surface area is 421 Å². The van der Waals surface area contributed by atoms with Crippen LogP contribution in [0.25, 0.3) is 0 Å². The third-order valence-electron chi connectivity index (χ3n) is 14.4. The van der Waals surface area contributed by atoms with Crippen LogP contribution < -0.4 is 0 Å². The highest BCUT2D eigenvalue weighted by molar-refractivity contribution is 5.71. The van der Waals surface area contributed by atoms with Crippen LogP contribution in [0.15, 0.2) is 0 Å². The Kier molecular flexibility index (Phi) is 47.6. The Hall–Kier alpha value is -1.67. The molecule has 0 spiro atoms. The van der Waals surface area contributed by atoms with Gasteiger partial charge in [-0.1, -0.05) is 290 Å². The predicted octanol–water partition coefficient (Wildman–Crippen LogP) is 17.9. The first kappa shape index (κ1) is 64.3. The van der Waals surface area contributed by atoms with E-state index in [0.29, 0.717) is 6.42 Å². The van der Waals surface area contributed by atoms with Gasteiger partial charge in [0.25, 0.3) is 0 Å². The summed E-state index contributed by atoms with van der Waals surface area (Å²) in [5, 5.41) is 10.9. The van der Waals surface area contributed by atoms with Crippen molar-refractivity contribution >= 4 is 17.9 Å². The van der Waals surface area contributed by atoms with Gasteiger partial charge in [-0.15, -0.1) is 0 Å². The molecule has 1 heterocycles. The van der Waals surface area contributed by atoms with E-state index in [1.54, 1.807) is 0 Å². The number of aliphatic hydroxyl groups is 1. The molecular formula is C60H114O8. The van der Waals surface area contributed by atoms with Crippen LogP contribution in [-0.2, 0) is 33.3 Å². The molecular weight excluding hydrogens is 849 g/mol. The second-order valence-electron chi connectivity index (χ2n) is 21.1. The van der Waals surface area contributed by atoms with Crippen molar-refractivity contribution in [1.29, 1.82) is 0 Å². The van der Waals surface area contributed by atoms with E-state index in [0.717, 1.165) is 57.8 Å². The lowest BCUT2D eigenvalue weighted by molar-refractivity contribution is -0.177.